The quantitative estimate of drug-likeness (QED) is 0.328. The van der Waals surface area contributed by atoms with E-state index in [-0.39, 0.29) is 41.4 Å². The van der Waals surface area contributed by atoms with Gasteiger partial charge in [-0.3, -0.25) is 9.79 Å². The van der Waals surface area contributed by atoms with Gasteiger partial charge >= 0.3 is 0 Å². The van der Waals surface area contributed by atoms with Crippen LogP contribution in [0.4, 0.5) is 0 Å². The second kappa shape index (κ2) is 10.9. The normalized spacial score (nSPS) is 23.1. The minimum absolute atomic E-state index is 0. The number of carbonyl (C=O) groups excluding carboxylic acids is 1. The highest BCUT2D eigenvalue weighted by Gasteiger charge is 2.46. The maximum absolute atomic E-state index is 12.8. The van der Waals surface area contributed by atoms with Gasteiger partial charge in [0.05, 0.1) is 7.11 Å². The van der Waals surface area contributed by atoms with Gasteiger partial charge in [-0.05, 0) is 38.2 Å². The number of nitrogens with zero attached hydrogens (tertiary/aromatic N) is 2. The maximum Gasteiger partial charge on any atom is 0.225 e. The van der Waals surface area contributed by atoms with Crippen LogP contribution >= 0.6 is 24.0 Å². The zero-order valence-electron chi connectivity index (χ0n) is 18.9. The molecule has 0 aromatic heterocycles. The molecule has 31 heavy (non-hydrogen) atoms. The monoisotopic (exact) mass is 540 g/mol. The van der Waals surface area contributed by atoms with E-state index in [2.05, 4.69) is 32.7 Å². The third-order valence-corrected chi connectivity index (χ3v) is 7.14. The molecule has 1 aromatic rings. The molecule has 1 saturated heterocycles. The zero-order chi connectivity index (χ0) is 21.0. The van der Waals surface area contributed by atoms with Crippen LogP contribution in [0.3, 0.4) is 0 Å². The van der Waals surface area contributed by atoms with Crippen molar-refractivity contribution in [3.05, 3.63) is 29.8 Å². The summed E-state index contributed by atoms with van der Waals surface area (Å²) >= 11 is 0. The lowest BCUT2D eigenvalue weighted by molar-refractivity contribution is -0.135. The molecule has 2 N–H and O–H groups in total. The van der Waals surface area contributed by atoms with Crippen LogP contribution in [0, 0.1) is 5.92 Å². The van der Waals surface area contributed by atoms with Gasteiger partial charge in [0.25, 0.3) is 0 Å². The molecular formula is C24H37IN4O2. The summed E-state index contributed by atoms with van der Waals surface area (Å²) in [7, 11) is 3.56. The minimum atomic E-state index is 0. The topological polar surface area (TPSA) is 66.0 Å². The number of hydrogen-bond acceptors (Lipinski definition) is 3. The standard InChI is InChI=1S/C24H36N4O2.HI/c1-25-23(26-17-24(13-14-24)20-10-6-7-11-21(20)30-2)27-19-12-15-28(16-19)22(29)18-8-4-3-5-9-18;/h6-7,10-11,18-19H,3-5,8-9,12-17H2,1-2H3,(H2,25,26,27);1H. The molecule has 1 atom stereocenters. The summed E-state index contributed by atoms with van der Waals surface area (Å²) in [4.78, 5) is 19.3. The lowest BCUT2D eigenvalue weighted by atomic mass is 9.88. The van der Waals surface area contributed by atoms with Crippen LogP contribution in [0.15, 0.2) is 29.3 Å². The van der Waals surface area contributed by atoms with E-state index in [1.807, 2.05) is 19.2 Å². The number of methoxy groups -OCH3 is 1. The summed E-state index contributed by atoms with van der Waals surface area (Å²) in [6.45, 7) is 2.48. The third kappa shape index (κ3) is 5.65. The molecule has 1 aliphatic heterocycles. The Morgan fingerprint density at radius 2 is 1.94 bits per heavy atom. The van der Waals surface area contributed by atoms with Crippen molar-refractivity contribution in [2.24, 2.45) is 10.9 Å². The Morgan fingerprint density at radius 3 is 2.61 bits per heavy atom. The molecule has 2 aliphatic carbocycles. The number of aliphatic imine (C=N–C) groups is 1. The van der Waals surface area contributed by atoms with E-state index < -0.39 is 0 Å². The summed E-state index contributed by atoms with van der Waals surface area (Å²) < 4.78 is 5.59. The highest BCUT2D eigenvalue weighted by molar-refractivity contribution is 14.0. The number of amides is 1. The molecule has 1 amide bonds. The maximum atomic E-state index is 12.8. The van der Waals surface area contributed by atoms with Gasteiger partial charge in [-0.1, -0.05) is 37.5 Å². The molecule has 3 fully saturated rings. The Labute approximate surface area is 203 Å². The summed E-state index contributed by atoms with van der Waals surface area (Å²) in [6.07, 6.45) is 9.13. The second-order valence-corrected chi connectivity index (χ2v) is 9.16. The molecule has 4 rings (SSSR count). The average Bonchev–Trinajstić information content (AvgIpc) is 3.45. The number of benzene rings is 1. The number of para-hydroxylation sites is 1. The lowest BCUT2D eigenvalue weighted by Crippen LogP contribution is -2.47. The first-order chi connectivity index (χ1) is 14.6. The van der Waals surface area contributed by atoms with Gasteiger partial charge < -0.3 is 20.3 Å². The predicted octanol–water partition coefficient (Wildman–Crippen LogP) is 3.69. The molecule has 7 heteroatoms. The first-order valence-electron chi connectivity index (χ1n) is 11.5. The molecule has 3 aliphatic rings. The van der Waals surface area contributed by atoms with Crippen molar-refractivity contribution in [2.45, 2.75) is 62.8 Å². The van der Waals surface area contributed by atoms with Gasteiger partial charge in [-0.25, -0.2) is 0 Å². The van der Waals surface area contributed by atoms with Crippen molar-refractivity contribution in [3.8, 4) is 5.75 Å². The Balaban J connectivity index is 0.00000272. The van der Waals surface area contributed by atoms with Crippen molar-refractivity contribution in [2.75, 3.05) is 33.8 Å². The van der Waals surface area contributed by atoms with E-state index in [4.69, 9.17) is 4.74 Å². The van der Waals surface area contributed by atoms with Crippen molar-refractivity contribution in [3.63, 3.8) is 0 Å². The number of likely N-dealkylation sites (tertiary alicyclic amines) is 1. The van der Waals surface area contributed by atoms with Crippen molar-refractivity contribution < 1.29 is 9.53 Å². The SMILES string of the molecule is CN=C(NCC1(c2ccccc2OC)CC1)NC1CCN(C(=O)C2CCCCC2)C1.I. The minimum Gasteiger partial charge on any atom is -0.496 e. The van der Waals surface area contributed by atoms with Crippen LogP contribution in [-0.4, -0.2) is 56.6 Å². The van der Waals surface area contributed by atoms with Crippen molar-refractivity contribution >= 4 is 35.8 Å². The molecule has 1 unspecified atom stereocenters. The first kappa shape index (κ1) is 24.1. The lowest BCUT2D eigenvalue weighted by Gasteiger charge is -2.26. The van der Waals surface area contributed by atoms with Crippen LogP contribution in [0.2, 0.25) is 0 Å². The number of carbonyl (C=O) groups is 1. The van der Waals surface area contributed by atoms with Gasteiger partial charge in [0.15, 0.2) is 5.96 Å². The fraction of sp³-hybridized carbons (Fsp3) is 0.667. The molecule has 6 nitrogen and oxygen atoms in total. The summed E-state index contributed by atoms with van der Waals surface area (Å²) in [5.74, 6) is 2.42. The van der Waals surface area contributed by atoms with E-state index in [9.17, 15) is 4.79 Å². The molecule has 0 spiro atoms. The third-order valence-electron chi connectivity index (χ3n) is 7.14. The van der Waals surface area contributed by atoms with E-state index in [1.54, 1.807) is 7.11 Å². The molecule has 2 saturated carbocycles. The number of ether oxygens (including phenoxy) is 1. The fourth-order valence-corrected chi connectivity index (χ4v) is 5.10. The molecular weight excluding hydrogens is 503 g/mol. The highest BCUT2D eigenvalue weighted by atomic mass is 127. The Hall–Kier alpha value is -1.51. The Morgan fingerprint density at radius 1 is 1.19 bits per heavy atom. The smallest absolute Gasteiger partial charge is 0.225 e. The van der Waals surface area contributed by atoms with Crippen LogP contribution in [0.1, 0.15) is 56.9 Å². The number of guanidine groups is 1. The Bertz CT molecular complexity index is 775. The number of nitrogens with one attached hydrogen (secondary N) is 2. The number of hydrogen-bond donors (Lipinski definition) is 2. The van der Waals surface area contributed by atoms with Gasteiger partial charge in [0, 0.05) is 49.6 Å². The van der Waals surface area contributed by atoms with Crippen molar-refractivity contribution in [1.29, 1.82) is 0 Å². The molecule has 0 radical (unpaired) electrons. The summed E-state index contributed by atoms with van der Waals surface area (Å²) in [5, 5.41) is 7.08. The summed E-state index contributed by atoms with van der Waals surface area (Å²) in [5.41, 5.74) is 1.41. The van der Waals surface area contributed by atoms with E-state index >= 15 is 0 Å². The second-order valence-electron chi connectivity index (χ2n) is 9.16. The van der Waals surface area contributed by atoms with Gasteiger partial charge in [-0.2, -0.15) is 0 Å². The predicted molar refractivity (Wildman–Crippen MR) is 135 cm³/mol. The zero-order valence-corrected chi connectivity index (χ0v) is 21.2. The van der Waals surface area contributed by atoms with Gasteiger partial charge in [-0.15, -0.1) is 24.0 Å². The molecule has 1 heterocycles. The van der Waals surface area contributed by atoms with Crippen LogP contribution < -0.4 is 15.4 Å². The van der Waals surface area contributed by atoms with Crippen LogP contribution in [0.5, 0.6) is 5.75 Å². The van der Waals surface area contributed by atoms with E-state index in [1.165, 1.54) is 24.8 Å². The summed E-state index contributed by atoms with van der Waals surface area (Å²) in [6, 6.07) is 8.59. The fourth-order valence-electron chi connectivity index (χ4n) is 5.10. The average molecular weight is 540 g/mol. The molecule has 1 aromatic carbocycles. The molecule has 172 valence electrons. The number of halogens is 1. The Kier molecular flexibility index (Phi) is 8.47. The van der Waals surface area contributed by atoms with E-state index in [0.717, 1.165) is 63.4 Å². The molecule has 0 bridgehead atoms. The van der Waals surface area contributed by atoms with Gasteiger partial charge in [0.2, 0.25) is 5.91 Å². The van der Waals surface area contributed by atoms with Crippen molar-refractivity contribution in [1.82, 2.24) is 15.5 Å². The van der Waals surface area contributed by atoms with Crippen LogP contribution in [-0.2, 0) is 10.2 Å². The highest BCUT2D eigenvalue weighted by Crippen LogP contribution is 2.50. The van der Waals surface area contributed by atoms with Gasteiger partial charge in [0.1, 0.15) is 5.75 Å². The number of rotatable bonds is 6. The first-order valence-corrected chi connectivity index (χ1v) is 11.5. The van der Waals surface area contributed by atoms with Crippen LogP contribution in [0.25, 0.3) is 0 Å². The largest absolute Gasteiger partial charge is 0.496 e. The van der Waals surface area contributed by atoms with E-state index in [0.29, 0.717) is 5.91 Å².